The predicted molar refractivity (Wildman–Crippen MR) is 90.9 cm³/mol. The average Bonchev–Trinajstić information content (AvgIpc) is 3.01. The molecule has 0 radical (unpaired) electrons. The number of nitro groups is 1. The number of non-ortho nitro benzene ring substituents is 1. The molecule has 1 aromatic carbocycles. The van der Waals surface area contributed by atoms with Crippen molar-refractivity contribution in [3.05, 3.63) is 58.6 Å². The minimum atomic E-state index is -0.405. The molecule has 0 fully saturated rings. The van der Waals surface area contributed by atoms with Crippen molar-refractivity contribution in [3.8, 4) is 0 Å². The standard InChI is InChI=1S/C17H18N4O3/c1-17(2,3)15-9-20-16(24-15)10-19-13-4-5-14(21(22)23)12-8-18-7-6-11(12)13/h4-9,19H,10H2,1-3H3. The van der Waals surface area contributed by atoms with E-state index in [1.165, 1.54) is 12.3 Å². The van der Waals surface area contributed by atoms with Crippen molar-refractivity contribution < 1.29 is 9.34 Å². The Morgan fingerprint density at radius 1 is 1.21 bits per heavy atom. The fraction of sp³-hybridized carbons (Fsp3) is 0.294. The maximum absolute atomic E-state index is 11.1. The van der Waals surface area contributed by atoms with E-state index in [1.54, 1.807) is 24.5 Å². The molecule has 0 aliphatic heterocycles. The molecule has 2 heterocycles. The zero-order chi connectivity index (χ0) is 17.3. The van der Waals surface area contributed by atoms with E-state index >= 15 is 0 Å². The van der Waals surface area contributed by atoms with E-state index in [2.05, 4.69) is 36.1 Å². The monoisotopic (exact) mass is 326 g/mol. The molecule has 7 nitrogen and oxygen atoms in total. The van der Waals surface area contributed by atoms with Crippen molar-refractivity contribution in [2.45, 2.75) is 32.7 Å². The van der Waals surface area contributed by atoms with Crippen LogP contribution in [-0.2, 0) is 12.0 Å². The van der Waals surface area contributed by atoms with E-state index in [1.807, 2.05) is 0 Å². The van der Waals surface area contributed by atoms with Gasteiger partial charge in [-0.3, -0.25) is 15.1 Å². The van der Waals surface area contributed by atoms with Crippen molar-refractivity contribution in [1.29, 1.82) is 0 Å². The molecule has 0 spiro atoms. The number of benzene rings is 1. The van der Waals surface area contributed by atoms with Crippen LogP contribution in [0.5, 0.6) is 0 Å². The third-order valence-corrected chi connectivity index (χ3v) is 3.71. The summed E-state index contributed by atoms with van der Waals surface area (Å²) in [5.74, 6) is 1.39. The number of rotatable bonds is 4. The zero-order valence-electron chi connectivity index (χ0n) is 13.7. The highest BCUT2D eigenvalue weighted by Crippen LogP contribution is 2.31. The van der Waals surface area contributed by atoms with Gasteiger partial charge in [-0.1, -0.05) is 20.8 Å². The molecule has 0 unspecified atom stereocenters. The van der Waals surface area contributed by atoms with Gasteiger partial charge in [-0.2, -0.15) is 0 Å². The van der Waals surface area contributed by atoms with Crippen molar-refractivity contribution in [1.82, 2.24) is 9.97 Å². The number of hydrogen-bond donors (Lipinski definition) is 1. The Morgan fingerprint density at radius 3 is 2.67 bits per heavy atom. The first-order valence-electron chi connectivity index (χ1n) is 7.56. The van der Waals surface area contributed by atoms with Crippen molar-refractivity contribution in [2.75, 3.05) is 5.32 Å². The molecular formula is C17H18N4O3. The lowest BCUT2D eigenvalue weighted by Gasteiger charge is -2.13. The van der Waals surface area contributed by atoms with Crippen LogP contribution >= 0.6 is 0 Å². The Morgan fingerprint density at radius 2 is 2.00 bits per heavy atom. The molecule has 0 aliphatic carbocycles. The Kier molecular flexibility index (Phi) is 3.92. The van der Waals surface area contributed by atoms with E-state index in [0.717, 1.165) is 16.8 Å². The van der Waals surface area contributed by atoms with Gasteiger partial charge < -0.3 is 9.73 Å². The molecule has 1 N–H and O–H groups in total. The maximum Gasteiger partial charge on any atom is 0.278 e. The molecule has 0 bridgehead atoms. The summed E-state index contributed by atoms with van der Waals surface area (Å²) < 4.78 is 5.75. The number of nitrogens with zero attached hydrogens (tertiary/aromatic N) is 3. The number of nitro benzene ring substituents is 1. The van der Waals surface area contributed by atoms with Crippen LogP contribution < -0.4 is 5.32 Å². The van der Waals surface area contributed by atoms with E-state index in [-0.39, 0.29) is 11.1 Å². The maximum atomic E-state index is 11.1. The first-order chi connectivity index (χ1) is 11.4. The summed E-state index contributed by atoms with van der Waals surface area (Å²) >= 11 is 0. The zero-order valence-corrected chi connectivity index (χ0v) is 13.7. The fourth-order valence-corrected chi connectivity index (χ4v) is 2.40. The largest absolute Gasteiger partial charge is 0.443 e. The van der Waals surface area contributed by atoms with Gasteiger partial charge in [-0.25, -0.2) is 4.98 Å². The van der Waals surface area contributed by atoms with E-state index in [4.69, 9.17) is 4.42 Å². The van der Waals surface area contributed by atoms with Gasteiger partial charge in [0.25, 0.3) is 5.69 Å². The minimum Gasteiger partial charge on any atom is -0.443 e. The number of nitrogens with one attached hydrogen (secondary N) is 1. The molecule has 3 rings (SSSR count). The first-order valence-corrected chi connectivity index (χ1v) is 7.56. The molecule has 2 aromatic heterocycles. The molecule has 0 aliphatic rings. The van der Waals surface area contributed by atoms with E-state index in [0.29, 0.717) is 17.8 Å². The average molecular weight is 326 g/mol. The second-order valence-corrected chi connectivity index (χ2v) is 6.53. The third-order valence-electron chi connectivity index (χ3n) is 3.71. The number of anilines is 1. The summed E-state index contributed by atoms with van der Waals surface area (Å²) in [6.45, 7) is 6.57. The molecule has 0 atom stereocenters. The Balaban J connectivity index is 1.87. The first kappa shape index (κ1) is 15.9. The van der Waals surface area contributed by atoms with Gasteiger partial charge in [-0.15, -0.1) is 0 Å². The highest BCUT2D eigenvalue weighted by atomic mass is 16.6. The second kappa shape index (κ2) is 5.92. The van der Waals surface area contributed by atoms with Gasteiger partial charge in [0.15, 0.2) is 0 Å². The van der Waals surface area contributed by atoms with Crippen LogP contribution in [0.4, 0.5) is 11.4 Å². The van der Waals surface area contributed by atoms with Gasteiger partial charge in [0.05, 0.1) is 23.1 Å². The van der Waals surface area contributed by atoms with Crippen LogP contribution in [0.1, 0.15) is 32.4 Å². The molecular weight excluding hydrogens is 308 g/mol. The van der Waals surface area contributed by atoms with Gasteiger partial charge in [0.1, 0.15) is 5.76 Å². The number of oxazole rings is 1. The molecule has 24 heavy (non-hydrogen) atoms. The predicted octanol–water partition coefficient (Wildman–Crippen LogP) is 4.04. The molecule has 0 saturated heterocycles. The van der Waals surface area contributed by atoms with E-state index < -0.39 is 4.92 Å². The Labute approximate surface area is 138 Å². The third kappa shape index (κ3) is 3.05. The van der Waals surface area contributed by atoms with Crippen LogP contribution in [0.15, 0.2) is 41.2 Å². The van der Waals surface area contributed by atoms with Crippen LogP contribution in [0.3, 0.4) is 0 Å². The summed E-state index contributed by atoms with van der Waals surface area (Å²) in [5, 5.41) is 15.6. The SMILES string of the molecule is CC(C)(C)c1cnc(CNc2ccc([N+](=O)[O-])c3cnccc23)o1. The topological polar surface area (TPSA) is 94.1 Å². The van der Waals surface area contributed by atoms with Crippen molar-refractivity contribution in [3.63, 3.8) is 0 Å². The quantitative estimate of drug-likeness (QED) is 0.574. The van der Waals surface area contributed by atoms with Gasteiger partial charge in [0, 0.05) is 34.9 Å². The van der Waals surface area contributed by atoms with Crippen molar-refractivity contribution >= 4 is 22.1 Å². The minimum absolute atomic E-state index is 0.0368. The number of fused-ring (bicyclic) bond motifs is 1. The second-order valence-electron chi connectivity index (χ2n) is 6.53. The fourth-order valence-electron chi connectivity index (χ4n) is 2.40. The van der Waals surface area contributed by atoms with Gasteiger partial charge in [-0.05, 0) is 12.1 Å². The molecule has 124 valence electrons. The van der Waals surface area contributed by atoms with Gasteiger partial charge >= 0.3 is 0 Å². The number of hydrogen-bond acceptors (Lipinski definition) is 6. The summed E-state index contributed by atoms with van der Waals surface area (Å²) in [7, 11) is 0. The van der Waals surface area contributed by atoms with Gasteiger partial charge in [0.2, 0.25) is 5.89 Å². The van der Waals surface area contributed by atoms with Crippen LogP contribution in [0.2, 0.25) is 0 Å². The number of pyridine rings is 1. The lowest BCUT2D eigenvalue weighted by molar-refractivity contribution is -0.383. The Hall–Kier alpha value is -2.96. The van der Waals surface area contributed by atoms with Crippen molar-refractivity contribution in [2.24, 2.45) is 0 Å². The molecule has 0 amide bonds. The summed E-state index contributed by atoms with van der Waals surface area (Å²) in [5.41, 5.74) is 0.708. The van der Waals surface area contributed by atoms with E-state index in [9.17, 15) is 10.1 Å². The lowest BCUT2D eigenvalue weighted by atomic mass is 9.94. The highest BCUT2D eigenvalue weighted by molar-refractivity contribution is 5.99. The summed E-state index contributed by atoms with van der Waals surface area (Å²) in [6.07, 6.45) is 4.84. The molecule has 3 aromatic rings. The van der Waals surface area contributed by atoms with Crippen LogP contribution in [0, 0.1) is 10.1 Å². The summed E-state index contributed by atoms with van der Waals surface area (Å²) in [4.78, 5) is 19.0. The van der Waals surface area contributed by atoms with Crippen LogP contribution in [-0.4, -0.2) is 14.9 Å². The smallest absolute Gasteiger partial charge is 0.278 e. The highest BCUT2D eigenvalue weighted by Gasteiger charge is 2.19. The van der Waals surface area contributed by atoms with Crippen LogP contribution in [0.25, 0.3) is 10.8 Å². The molecule has 7 heteroatoms. The summed E-state index contributed by atoms with van der Waals surface area (Å²) in [6, 6.07) is 4.91. The Bertz CT molecular complexity index is 896. The number of aromatic nitrogens is 2. The lowest BCUT2D eigenvalue weighted by Crippen LogP contribution is -2.09. The molecule has 0 saturated carbocycles. The normalized spacial score (nSPS) is 11.6.